The molecule has 0 aliphatic carbocycles. The normalized spacial score (nSPS) is 10.1. The molecule has 25 heavy (non-hydrogen) atoms. The summed E-state index contributed by atoms with van der Waals surface area (Å²) in [6.07, 6.45) is 0. The van der Waals surface area contributed by atoms with Gasteiger partial charge in [0.2, 0.25) is 5.91 Å². The van der Waals surface area contributed by atoms with Gasteiger partial charge in [-0.25, -0.2) is 8.78 Å². The van der Waals surface area contributed by atoms with E-state index < -0.39 is 24.1 Å². The number of amides is 2. The molecule has 2 aromatic rings. The van der Waals surface area contributed by atoms with Gasteiger partial charge in [-0.1, -0.05) is 0 Å². The minimum atomic E-state index is -1.07. The Morgan fingerprint density at radius 3 is 2.44 bits per heavy atom. The number of carbonyl (C=O) groups excluding carboxylic acids is 2. The van der Waals surface area contributed by atoms with Crippen molar-refractivity contribution in [2.45, 2.75) is 6.92 Å². The number of methoxy groups -OCH3 is 1. The minimum Gasteiger partial charge on any atom is -0.495 e. The molecule has 0 radical (unpaired) electrons. The minimum absolute atomic E-state index is 0.0213. The van der Waals surface area contributed by atoms with E-state index in [0.29, 0.717) is 17.1 Å². The molecule has 0 fully saturated rings. The average molecular weight is 350 g/mol. The van der Waals surface area contributed by atoms with Gasteiger partial charge in [-0.05, 0) is 30.3 Å². The molecule has 2 N–H and O–H groups in total. The Kier molecular flexibility index (Phi) is 5.89. The molecule has 0 atom stereocenters. The predicted molar refractivity (Wildman–Crippen MR) is 87.8 cm³/mol. The smallest absolute Gasteiger partial charge is 0.262 e. The summed E-state index contributed by atoms with van der Waals surface area (Å²) < 4.78 is 36.2. The van der Waals surface area contributed by atoms with Crippen LogP contribution in [0.2, 0.25) is 0 Å². The third kappa shape index (κ3) is 5.17. The molecule has 0 aliphatic rings. The van der Waals surface area contributed by atoms with Crippen molar-refractivity contribution in [2.75, 3.05) is 24.4 Å². The van der Waals surface area contributed by atoms with Crippen molar-refractivity contribution in [1.82, 2.24) is 0 Å². The van der Waals surface area contributed by atoms with Crippen LogP contribution in [0.4, 0.5) is 20.2 Å². The number of nitrogens with one attached hydrogen (secondary N) is 2. The van der Waals surface area contributed by atoms with Gasteiger partial charge in [-0.3, -0.25) is 9.59 Å². The highest BCUT2D eigenvalue weighted by Crippen LogP contribution is 2.28. The second-order valence-electron chi connectivity index (χ2n) is 5.01. The summed E-state index contributed by atoms with van der Waals surface area (Å²) in [4.78, 5) is 23.1. The van der Waals surface area contributed by atoms with Gasteiger partial charge in [0, 0.05) is 18.7 Å². The SMILES string of the molecule is COc1ccc(NC(C)=O)cc1NC(=O)COc1ccc(F)c(F)c1. The van der Waals surface area contributed by atoms with E-state index in [1.54, 1.807) is 12.1 Å². The van der Waals surface area contributed by atoms with E-state index in [4.69, 9.17) is 9.47 Å². The highest BCUT2D eigenvalue weighted by molar-refractivity contribution is 5.95. The summed E-state index contributed by atoms with van der Waals surface area (Å²) in [5.74, 6) is -2.46. The third-order valence-electron chi connectivity index (χ3n) is 3.05. The summed E-state index contributed by atoms with van der Waals surface area (Å²) in [7, 11) is 1.43. The monoisotopic (exact) mass is 350 g/mol. The molecule has 0 spiro atoms. The Balaban J connectivity index is 2.03. The van der Waals surface area contributed by atoms with Gasteiger partial charge in [0.1, 0.15) is 11.5 Å². The lowest BCUT2D eigenvalue weighted by atomic mass is 10.2. The van der Waals surface area contributed by atoms with E-state index in [1.807, 2.05) is 0 Å². The molecule has 0 heterocycles. The molecule has 132 valence electrons. The summed E-state index contributed by atoms with van der Waals surface area (Å²) in [6, 6.07) is 7.69. The van der Waals surface area contributed by atoms with Crippen molar-refractivity contribution in [3.05, 3.63) is 48.0 Å². The Hall–Kier alpha value is -3.16. The highest BCUT2D eigenvalue weighted by Gasteiger charge is 2.11. The average Bonchev–Trinajstić information content (AvgIpc) is 2.56. The number of ether oxygens (including phenoxy) is 2. The molecular weight excluding hydrogens is 334 g/mol. The summed E-state index contributed by atoms with van der Waals surface area (Å²) in [6.45, 7) is 0.941. The van der Waals surface area contributed by atoms with E-state index in [-0.39, 0.29) is 11.7 Å². The first-order valence-electron chi connectivity index (χ1n) is 7.22. The number of anilines is 2. The quantitative estimate of drug-likeness (QED) is 0.840. The van der Waals surface area contributed by atoms with Crippen molar-refractivity contribution in [3.63, 3.8) is 0 Å². The van der Waals surface area contributed by atoms with Gasteiger partial charge in [0.05, 0.1) is 12.8 Å². The molecule has 0 unspecified atom stereocenters. The largest absolute Gasteiger partial charge is 0.495 e. The van der Waals surface area contributed by atoms with Gasteiger partial charge >= 0.3 is 0 Å². The molecule has 2 rings (SSSR count). The van der Waals surface area contributed by atoms with Crippen LogP contribution in [-0.2, 0) is 9.59 Å². The van der Waals surface area contributed by atoms with Crippen LogP contribution in [0.3, 0.4) is 0 Å². The van der Waals surface area contributed by atoms with Crippen LogP contribution in [0.25, 0.3) is 0 Å². The van der Waals surface area contributed by atoms with Gasteiger partial charge in [-0.15, -0.1) is 0 Å². The van der Waals surface area contributed by atoms with Crippen LogP contribution in [0, 0.1) is 11.6 Å². The standard InChI is InChI=1S/C17H16F2N2O4/c1-10(22)20-11-3-6-16(24-2)15(7-11)21-17(23)9-25-12-4-5-13(18)14(19)8-12/h3-8H,9H2,1-2H3,(H,20,22)(H,21,23). The molecule has 0 bridgehead atoms. The van der Waals surface area contributed by atoms with Crippen molar-refractivity contribution in [3.8, 4) is 11.5 Å². The molecule has 0 saturated heterocycles. The second-order valence-corrected chi connectivity index (χ2v) is 5.01. The number of rotatable bonds is 6. The summed E-state index contributed by atoms with van der Waals surface area (Å²) >= 11 is 0. The topological polar surface area (TPSA) is 76.7 Å². The Morgan fingerprint density at radius 1 is 1.04 bits per heavy atom. The Morgan fingerprint density at radius 2 is 1.80 bits per heavy atom. The first-order chi connectivity index (χ1) is 11.9. The van der Waals surface area contributed by atoms with E-state index >= 15 is 0 Å². The molecule has 2 amide bonds. The molecule has 0 aromatic heterocycles. The zero-order valence-corrected chi connectivity index (χ0v) is 13.6. The fourth-order valence-corrected chi connectivity index (χ4v) is 1.99. The van der Waals surface area contributed by atoms with Crippen molar-refractivity contribution in [1.29, 1.82) is 0 Å². The summed E-state index contributed by atoms with van der Waals surface area (Å²) in [5.41, 5.74) is 0.803. The zero-order chi connectivity index (χ0) is 18.4. The summed E-state index contributed by atoms with van der Waals surface area (Å²) in [5, 5.41) is 5.15. The fourth-order valence-electron chi connectivity index (χ4n) is 1.99. The first-order valence-corrected chi connectivity index (χ1v) is 7.22. The molecule has 6 nitrogen and oxygen atoms in total. The third-order valence-corrected chi connectivity index (χ3v) is 3.05. The van der Waals surface area contributed by atoms with Crippen LogP contribution in [0.5, 0.6) is 11.5 Å². The maximum Gasteiger partial charge on any atom is 0.262 e. The van der Waals surface area contributed by atoms with Crippen LogP contribution >= 0.6 is 0 Å². The number of hydrogen-bond donors (Lipinski definition) is 2. The molecule has 0 aliphatic heterocycles. The lowest BCUT2D eigenvalue weighted by molar-refractivity contribution is -0.118. The van der Waals surface area contributed by atoms with Crippen LogP contribution < -0.4 is 20.1 Å². The van der Waals surface area contributed by atoms with E-state index in [2.05, 4.69) is 10.6 Å². The van der Waals surface area contributed by atoms with Crippen LogP contribution in [-0.4, -0.2) is 25.5 Å². The number of halogens is 2. The maximum atomic E-state index is 13.1. The second kappa shape index (κ2) is 8.09. The maximum absolute atomic E-state index is 13.1. The predicted octanol–water partition coefficient (Wildman–Crippen LogP) is 2.95. The fraction of sp³-hybridized carbons (Fsp3) is 0.176. The highest BCUT2D eigenvalue weighted by atomic mass is 19.2. The van der Waals surface area contributed by atoms with Gasteiger partial charge in [0.25, 0.3) is 5.91 Å². The van der Waals surface area contributed by atoms with Crippen LogP contribution in [0.15, 0.2) is 36.4 Å². The number of benzene rings is 2. The van der Waals surface area contributed by atoms with E-state index in [9.17, 15) is 18.4 Å². The van der Waals surface area contributed by atoms with Crippen molar-refractivity contribution >= 4 is 23.2 Å². The molecule has 8 heteroatoms. The van der Waals surface area contributed by atoms with Crippen molar-refractivity contribution in [2.24, 2.45) is 0 Å². The van der Waals surface area contributed by atoms with E-state index in [1.165, 1.54) is 26.2 Å². The van der Waals surface area contributed by atoms with Crippen molar-refractivity contribution < 1.29 is 27.8 Å². The molecule has 2 aromatic carbocycles. The van der Waals surface area contributed by atoms with E-state index in [0.717, 1.165) is 12.1 Å². The van der Waals surface area contributed by atoms with Gasteiger partial charge < -0.3 is 20.1 Å². The number of carbonyl (C=O) groups is 2. The lowest BCUT2D eigenvalue weighted by Crippen LogP contribution is -2.20. The lowest BCUT2D eigenvalue weighted by Gasteiger charge is -2.13. The van der Waals surface area contributed by atoms with Gasteiger partial charge in [-0.2, -0.15) is 0 Å². The molecule has 0 saturated carbocycles. The zero-order valence-electron chi connectivity index (χ0n) is 13.6. The van der Waals surface area contributed by atoms with Crippen LogP contribution in [0.1, 0.15) is 6.92 Å². The van der Waals surface area contributed by atoms with Gasteiger partial charge in [0.15, 0.2) is 18.2 Å². The Bertz CT molecular complexity index is 796. The molecular formula is C17H16F2N2O4. The first kappa shape index (κ1) is 18.2. The number of hydrogen-bond acceptors (Lipinski definition) is 4. The Labute approximate surface area is 142 Å².